The van der Waals surface area contributed by atoms with Crippen molar-refractivity contribution in [3.8, 4) is 0 Å². The summed E-state index contributed by atoms with van der Waals surface area (Å²) in [6, 6.07) is 6.65. The Kier molecular flexibility index (Phi) is 8.42. The minimum Gasteiger partial charge on any atom is -0.395 e. The molecule has 222 valence electrons. The summed E-state index contributed by atoms with van der Waals surface area (Å²) in [6.45, 7) is 15.6. The van der Waals surface area contributed by atoms with E-state index in [4.69, 9.17) is 9.97 Å². The zero-order valence-corrected chi connectivity index (χ0v) is 26.4. The van der Waals surface area contributed by atoms with Crippen molar-refractivity contribution < 1.29 is 9.90 Å². The maximum absolute atomic E-state index is 12.8. The molecule has 2 atom stereocenters. The summed E-state index contributed by atoms with van der Waals surface area (Å²) in [7, 11) is 1.75. The molecule has 42 heavy (non-hydrogen) atoms. The molecule has 2 aliphatic heterocycles. The number of aromatic nitrogens is 4. The Balaban J connectivity index is 1.79. The summed E-state index contributed by atoms with van der Waals surface area (Å²) in [6.07, 6.45) is 5.12. The van der Waals surface area contributed by atoms with E-state index in [1.165, 1.54) is 22.3 Å². The minimum absolute atomic E-state index is 0.0341. The van der Waals surface area contributed by atoms with Gasteiger partial charge >= 0.3 is 0 Å². The molecule has 2 aliphatic rings. The molecule has 0 saturated heterocycles. The standard InChI is InChI=1S/C35H45N5O2/c1-9-24-21(5)30-18-33-25(10-2)20(4)29(37-33)17-31-22(6)26(11-12-34(42)40(8)13-14-41)35(39-31)23(7)28-15-19(3)27(36-28)16-32(24)38-30/h15-18,22,26,37-38,41H,9-14H2,1-8H3/t22-,26-/m0/s1. The van der Waals surface area contributed by atoms with Gasteiger partial charge in [-0.3, -0.25) is 9.78 Å². The molecule has 7 nitrogen and oxygen atoms in total. The first-order chi connectivity index (χ1) is 20.1. The van der Waals surface area contributed by atoms with Gasteiger partial charge in [0.1, 0.15) is 0 Å². The number of nitrogens with one attached hydrogen (secondary N) is 2. The number of aromatic amines is 2. The molecule has 3 aromatic heterocycles. The molecule has 5 rings (SSSR count). The average molecular weight is 568 g/mol. The maximum Gasteiger partial charge on any atom is 0.222 e. The van der Waals surface area contributed by atoms with Crippen molar-refractivity contribution in [3.63, 3.8) is 0 Å². The van der Waals surface area contributed by atoms with Crippen molar-refractivity contribution >= 4 is 39.6 Å². The number of hydrogen-bond donors (Lipinski definition) is 3. The Bertz CT molecular complexity index is 1720. The smallest absolute Gasteiger partial charge is 0.222 e. The van der Waals surface area contributed by atoms with Gasteiger partial charge in [0.15, 0.2) is 0 Å². The van der Waals surface area contributed by atoms with Crippen LogP contribution < -0.4 is 0 Å². The van der Waals surface area contributed by atoms with Crippen molar-refractivity contribution in [1.29, 1.82) is 0 Å². The number of fused-ring (bicyclic) bond motifs is 8. The van der Waals surface area contributed by atoms with Gasteiger partial charge in [0.25, 0.3) is 0 Å². The average Bonchev–Trinajstić information content (AvgIpc) is 3.66. The highest BCUT2D eigenvalue weighted by molar-refractivity contribution is 5.85. The van der Waals surface area contributed by atoms with Crippen molar-refractivity contribution in [2.75, 3.05) is 20.2 Å². The minimum atomic E-state index is -0.0341. The number of carbonyl (C=O) groups is 1. The molecule has 0 saturated carbocycles. The lowest BCUT2D eigenvalue weighted by Gasteiger charge is -2.20. The highest BCUT2D eigenvalue weighted by Crippen LogP contribution is 2.42. The Labute approximate surface area is 249 Å². The predicted molar refractivity (Wildman–Crippen MR) is 173 cm³/mol. The van der Waals surface area contributed by atoms with E-state index in [1.807, 2.05) is 0 Å². The molecule has 0 unspecified atom stereocenters. The second-order valence-corrected chi connectivity index (χ2v) is 12.0. The lowest BCUT2D eigenvalue weighted by molar-refractivity contribution is -0.130. The number of H-pyrrole nitrogens is 2. The van der Waals surface area contributed by atoms with E-state index in [1.54, 1.807) is 11.9 Å². The SMILES string of the molecule is CCc1c(C)c2cc3[nH]c(cc4nc(c(C)c5nc(cc1[nH]2)C(C)=C5)[C@@H](CCC(=O)N(C)CCO)[C@@H]4C)c(C)c3CC. The summed E-state index contributed by atoms with van der Waals surface area (Å²) < 4.78 is 0. The molecule has 0 aromatic carbocycles. The number of amides is 1. The normalized spacial score (nSPS) is 16.5. The Morgan fingerprint density at radius 1 is 0.905 bits per heavy atom. The summed E-state index contributed by atoms with van der Waals surface area (Å²) in [5.41, 5.74) is 15.7. The number of rotatable bonds is 7. The molecule has 7 heteroatoms. The van der Waals surface area contributed by atoms with Gasteiger partial charge in [-0.25, -0.2) is 4.98 Å². The molecule has 3 N–H and O–H groups in total. The van der Waals surface area contributed by atoms with Crippen LogP contribution >= 0.6 is 0 Å². The van der Waals surface area contributed by atoms with Crippen LogP contribution in [-0.2, 0) is 17.6 Å². The number of aryl methyl sites for hydroxylation is 4. The van der Waals surface area contributed by atoms with E-state index in [0.717, 1.165) is 68.8 Å². The number of nitrogens with zero attached hydrogens (tertiary/aromatic N) is 3. The fourth-order valence-corrected chi connectivity index (χ4v) is 6.66. The van der Waals surface area contributed by atoms with Crippen molar-refractivity contribution in [3.05, 3.63) is 68.8 Å². The largest absolute Gasteiger partial charge is 0.395 e. The van der Waals surface area contributed by atoms with Crippen LogP contribution in [0.5, 0.6) is 0 Å². The molecular formula is C35H45N5O2. The third kappa shape index (κ3) is 5.31. The van der Waals surface area contributed by atoms with Gasteiger partial charge in [-0.2, -0.15) is 0 Å². The van der Waals surface area contributed by atoms with E-state index in [0.29, 0.717) is 19.4 Å². The van der Waals surface area contributed by atoms with Gasteiger partial charge in [0.05, 0.1) is 18.0 Å². The monoisotopic (exact) mass is 567 g/mol. The Morgan fingerprint density at radius 2 is 1.52 bits per heavy atom. The van der Waals surface area contributed by atoms with E-state index >= 15 is 0 Å². The van der Waals surface area contributed by atoms with Crippen LogP contribution in [0.25, 0.3) is 33.7 Å². The van der Waals surface area contributed by atoms with E-state index < -0.39 is 0 Å². The number of aliphatic hydroxyl groups is 1. The first kappa shape index (κ1) is 29.8. The molecule has 0 spiro atoms. The molecule has 5 heterocycles. The van der Waals surface area contributed by atoms with Crippen molar-refractivity contribution in [2.45, 2.75) is 86.0 Å². The number of carbonyl (C=O) groups excluding carboxylic acids is 1. The molecular weight excluding hydrogens is 522 g/mol. The van der Waals surface area contributed by atoms with Crippen molar-refractivity contribution in [2.24, 2.45) is 0 Å². The van der Waals surface area contributed by atoms with Crippen LogP contribution in [-0.4, -0.2) is 56.0 Å². The van der Waals surface area contributed by atoms with Gasteiger partial charge in [-0.1, -0.05) is 20.8 Å². The van der Waals surface area contributed by atoms with Crippen LogP contribution in [0.4, 0.5) is 0 Å². The lowest BCUT2D eigenvalue weighted by Crippen LogP contribution is -2.29. The predicted octanol–water partition coefficient (Wildman–Crippen LogP) is 7.04. The third-order valence-electron chi connectivity index (χ3n) is 9.44. The van der Waals surface area contributed by atoms with Gasteiger partial charge in [0.2, 0.25) is 5.91 Å². The molecule has 1 amide bonds. The Hall–Kier alpha value is -3.71. The second kappa shape index (κ2) is 11.9. The molecule has 8 bridgehead atoms. The van der Waals surface area contributed by atoms with E-state index in [2.05, 4.69) is 82.7 Å². The van der Waals surface area contributed by atoms with Crippen LogP contribution in [0.3, 0.4) is 0 Å². The van der Waals surface area contributed by atoms with Crippen molar-refractivity contribution in [1.82, 2.24) is 24.8 Å². The van der Waals surface area contributed by atoms with Gasteiger partial charge < -0.3 is 20.0 Å². The third-order valence-corrected chi connectivity index (χ3v) is 9.44. The van der Waals surface area contributed by atoms with Crippen LogP contribution in [0.1, 0.15) is 103 Å². The van der Waals surface area contributed by atoms with Crippen LogP contribution in [0, 0.1) is 20.8 Å². The second-order valence-electron chi connectivity index (χ2n) is 12.0. The number of likely N-dealkylation sites (N-methyl/N-ethyl adjacent to an activating group) is 1. The fourth-order valence-electron chi connectivity index (χ4n) is 6.66. The first-order valence-corrected chi connectivity index (χ1v) is 15.3. The van der Waals surface area contributed by atoms with Gasteiger partial charge in [-0.15, -0.1) is 0 Å². The summed E-state index contributed by atoms with van der Waals surface area (Å²) in [5, 5.41) is 9.30. The molecule has 0 fully saturated rings. The highest BCUT2D eigenvalue weighted by atomic mass is 16.3. The summed E-state index contributed by atoms with van der Waals surface area (Å²) in [5.74, 6) is 0.279. The molecule has 0 aliphatic carbocycles. The zero-order chi connectivity index (χ0) is 30.3. The Morgan fingerprint density at radius 3 is 2.14 bits per heavy atom. The van der Waals surface area contributed by atoms with Crippen LogP contribution in [0.2, 0.25) is 0 Å². The highest BCUT2D eigenvalue weighted by Gasteiger charge is 2.31. The van der Waals surface area contributed by atoms with E-state index in [9.17, 15) is 9.90 Å². The van der Waals surface area contributed by atoms with Crippen LogP contribution in [0.15, 0.2) is 18.2 Å². The summed E-state index contributed by atoms with van der Waals surface area (Å²) in [4.78, 5) is 32.3. The molecule has 0 radical (unpaired) electrons. The van der Waals surface area contributed by atoms with Gasteiger partial charge in [-0.05, 0) is 105 Å². The fraction of sp³-hybridized carbons (Fsp3) is 0.457. The zero-order valence-electron chi connectivity index (χ0n) is 26.4. The van der Waals surface area contributed by atoms with Gasteiger partial charge in [0, 0.05) is 65.3 Å². The quantitative estimate of drug-likeness (QED) is 0.285. The molecule has 3 aromatic rings. The van der Waals surface area contributed by atoms with E-state index in [-0.39, 0.29) is 24.3 Å². The number of allylic oxidation sites excluding steroid dienone is 1. The maximum atomic E-state index is 12.8. The topological polar surface area (TPSA) is 97.9 Å². The summed E-state index contributed by atoms with van der Waals surface area (Å²) >= 11 is 0. The lowest BCUT2D eigenvalue weighted by atomic mass is 9.85. The number of hydrogen-bond acceptors (Lipinski definition) is 4. The number of aliphatic hydroxyl groups excluding tert-OH is 1. The first-order valence-electron chi connectivity index (χ1n) is 15.3.